The molecule has 0 unspecified atom stereocenters. The number of thioether (sulfide) groups is 1. The molecule has 160 valence electrons. The van der Waals surface area contributed by atoms with Crippen LogP contribution >= 0.6 is 34.4 Å². The van der Waals surface area contributed by atoms with Gasteiger partial charge in [0.2, 0.25) is 11.7 Å². The van der Waals surface area contributed by atoms with Crippen molar-refractivity contribution in [3.8, 4) is 17.2 Å². The van der Waals surface area contributed by atoms with Crippen LogP contribution in [0.2, 0.25) is 0 Å². The van der Waals surface area contributed by atoms with Crippen LogP contribution in [0, 0.1) is 0 Å². The number of hydrogen-bond donors (Lipinski definition) is 1. The monoisotopic (exact) mass is 473 g/mol. The fourth-order valence-corrected chi connectivity index (χ4v) is 5.67. The number of methoxy groups -OCH3 is 3. The van der Waals surface area contributed by atoms with E-state index in [0.717, 1.165) is 30.3 Å². The minimum atomic E-state index is -0.279. The predicted octanol–water partition coefficient (Wildman–Crippen LogP) is 5.31. The lowest BCUT2D eigenvalue weighted by Crippen LogP contribution is -2.07. The minimum Gasteiger partial charge on any atom is -0.493 e. The predicted molar refractivity (Wildman–Crippen MR) is 128 cm³/mol. The third-order valence-electron chi connectivity index (χ3n) is 4.41. The average Bonchev–Trinajstić information content (AvgIpc) is 3.39. The van der Waals surface area contributed by atoms with Gasteiger partial charge >= 0.3 is 0 Å². The van der Waals surface area contributed by atoms with Gasteiger partial charge in [-0.15, -0.1) is 11.3 Å². The lowest BCUT2D eigenvalue weighted by atomic mass is 10.1. The number of nitrogens with zero attached hydrogens (tertiary/aromatic N) is 2. The van der Waals surface area contributed by atoms with Gasteiger partial charge in [-0.05, 0) is 42.2 Å². The number of carbonyl (C=O) groups is 1. The number of thiazole rings is 2. The van der Waals surface area contributed by atoms with Crippen LogP contribution in [-0.2, 0) is 4.79 Å². The Morgan fingerprint density at radius 3 is 2.26 bits per heavy atom. The molecule has 0 bridgehead atoms. The lowest BCUT2D eigenvalue weighted by molar-refractivity contribution is -0.111. The van der Waals surface area contributed by atoms with Gasteiger partial charge in [0.15, 0.2) is 21.0 Å². The summed E-state index contributed by atoms with van der Waals surface area (Å²) in [5.41, 5.74) is 2.54. The van der Waals surface area contributed by atoms with E-state index in [0.29, 0.717) is 22.4 Å². The number of ether oxygens (including phenoxy) is 3. The first-order chi connectivity index (χ1) is 15.1. The number of benzene rings is 2. The van der Waals surface area contributed by atoms with E-state index in [1.807, 2.05) is 18.4 Å². The third kappa shape index (κ3) is 4.32. The highest BCUT2D eigenvalue weighted by Crippen LogP contribution is 2.39. The molecule has 0 atom stereocenters. The topological polar surface area (TPSA) is 82.6 Å². The van der Waals surface area contributed by atoms with Gasteiger partial charge < -0.3 is 14.2 Å². The first kappa shape index (κ1) is 21.4. The maximum Gasteiger partial charge on any atom is 0.250 e. The van der Waals surface area contributed by atoms with Crippen molar-refractivity contribution in [2.75, 3.05) is 32.9 Å². The van der Waals surface area contributed by atoms with Crippen molar-refractivity contribution in [3.63, 3.8) is 0 Å². The number of nitrogens with one attached hydrogen (secondary N) is 1. The van der Waals surface area contributed by atoms with Crippen LogP contribution in [0.3, 0.4) is 0 Å². The highest BCUT2D eigenvalue weighted by Gasteiger charge is 2.14. The van der Waals surface area contributed by atoms with E-state index in [-0.39, 0.29) is 5.91 Å². The number of carbonyl (C=O) groups excluding carboxylic acids is 1. The van der Waals surface area contributed by atoms with Crippen molar-refractivity contribution in [2.24, 2.45) is 0 Å². The summed E-state index contributed by atoms with van der Waals surface area (Å²) in [4.78, 5) is 21.6. The van der Waals surface area contributed by atoms with Gasteiger partial charge in [0.05, 0.1) is 41.8 Å². The molecule has 2 aromatic carbocycles. The molecule has 2 aromatic heterocycles. The van der Waals surface area contributed by atoms with Crippen molar-refractivity contribution >= 4 is 72.0 Å². The van der Waals surface area contributed by atoms with Crippen molar-refractivity contribution in [1.29, 1.82) is 0 Å². The Balaban J connectivity index is 1.56. The van der Waals surface area contributed by atoms with Crippen LogP contribution in [0.1, 0.15) is 5.56 Å². The van der Waals surface area contributed by atoms with E-state index in [4.69, 9.17) is 14.2 Å². The number of amides is 1. The van der Waals surface area contributed by atoms with Crippen molar-refractivity contribution < 1.29 is 19.0 Å². The zero-order valence-corrected chi connectivity index (χ0v) is 19.7. The van der Waals surface area contributed by atoms with Gasteiger partial charge in [-0.1, -0.05) is 23.1 Å². The van der Waals surface area contributed by atoms with Gasteiger partial charge in [-0.3, -0.25) is 10.1 Å². The normalized spacial score (nSPS) is 11.4. The first-order valence-corrected chi connectivity index (χ1v) is 11.9. The zero-order chi connectivity index (χ0) is 22.0. The summed E-state index contributed by atoms with van der Waals surface area (Å²) in [6.45, 7) is 0. The first-order valence-electron chi connectivity index (χ1n) is 9.09. The Bertz CT molecular complexity index is 1270. The number of fused-ring (bicyclic) bond motifs is 3. The second kappa shape index (κ2) is 9.13. The number of rotatable bonds is 7. The Morgan fingerprint density at radius 1 is 1.00 bits per heavy atom. The van der Waals surface area contributed by atoms with Gasteiger partial charge in [0.1, 0.15) is 0 Å². The van der Waals surface area contributed by atoms with Gasteiger partial charge in [-0.25, -0.2) is 9.97 Å². The molecule has 0 saturated carbocycles. The molecule has 1 N–H and O–H groups in total. The average molecular weight is 474 g/mol. The molecule has 4 rings (SSSR count). The van der Waals surface area contributed by atoms with Gasteiger partial charge in [0.25, 0.3) is 0 Å². The molecule has 0 spiro atoms. The van der Waals surface area contributed by atoms with Crippen LogP contribution < -0.4 is 19.5 Å². The maximum absolute atomic E-state index is 12.5. The molecule has 4 aromatic rings. The highest BCUT2D eigenvalue weighted by molar-refractivity contribution is 8.00. The van der Waals surface area contributed by atoms with E-state index >= 15 is 0 Å². The number of aromatic nitrogens is 2. The Labute approximate surface area is 191 Å². The van der Waals surface area contributed by atoms with Crippen LogP contribution in [0.15, 0.2) is 34.7 Å². The molecular formula is C21H19N3O4S3. The molecule has 31 heavy (non-hydrogen) atoms. The quantitative estimate of drug-likeness (QED) is 0.288. The zero-order valence-electron chi connectivity index (χ0n) is 17.2. The largest absolute Gasteiger partial charge is 0.493 e. The summed E-state index contributed by atoms with van der Waals surface area (Å²) in [7, 11) is 4.64. The molecule has 0 aliphatic carbocycles. The van der Waals surface area contributed by atoms with Gasteiger partial charge in [0, 0.05) is 6.08 Å². The second-order valence-electron chi connectivity index (χ2n) is 6.25. The molecule has 10 heteroatoms. The molecule has 0 aliphatic rings. The molecule has 0 radical (unpaired) electrons. The van der Waals surface area contributed by atoms with Crippen LogP contribution in [-0.4, -0.2) is 43.5 Å². The van der Waals surface area contributed by atoms with E-state index < -0.39 is 0 Å². The smallest absolute Gasteiger partial charge is 0.250 e. The molecular weight excluding hydrogens is 454 g/mol. The van der Waals surface area contributed by atoms with Crippen molar-refractivity contribution in [2.45, 2.75) is 4.34 Å². The van der Waals surface area contributed by atoms with Crippen LogP contribution in [0.25, 0.3) is 26.5 Å². The summed E-state index contributed by atoms with van der Waals surface area (Å²) in [6, 6.07) is 7.43. The molecule has 7 nitrogen and oxygen atoms in total. The van der Waals surface area contributed by atoms with Gasteiger partial charge in [-0.2, -0.15) is 0 Å². The maximum atomic E-state index is 12.5. The van der Waals surface area contributed by atoms with Crippen molar-refractivity contribution in [1.82, 2.24) is 9.97 Å². The molecule has 1 amide bonds. The molecule has 2 heterocycles. The van der Waals surface area contributed by atoms with Crippen LogP contribution in [0.4, 0.5) is 5.13 Å². The fourth-order valence-electron chi connectivity index (χ4n) is 3.01. The van der Waals surface area contributed by atoms with E-state index in [1.54, 1.807) is 62.6 Å². The van der Waals surface area contributed by atoms with Crippen molar-refractivity contribution in [3.05, 3.63) is 35.9 Å². The molecule has 0 saturated heterocycles. The highest BCUT2D eigenvalue weighted by atomic mass is 32.2. The molecule has 0 fully saturated rings. The summed E-state index contributed by atoms with van der Waals surface area (Å²) < 4.78 is 19.1. The van der Waals surface area contributed by atoms with E-state index in [9.17, 15) is 4.79 Å². The minimum absolute atomic E-state index is 0.279. The van der Waals surface area contributed by atoms with Crippen LogP contribution in [0.5, 0.6) is 17.2 Å². The summed E-state index contributed by atoms with van der Waals surface area (Å²) in [5.74, 6) is 1.26. The Kier molecular flexibility index (Phi) is 6.30. The number of anilines is 1. The lowest BCUT2D eigenvalue weighted by Gasteiger charge is -2.12. The summed E-state index contributed by atoms with van der Waals surface area (Å²) >= 11 is 4.70. The second-order valence-corrected chi connectivity index (χ2v) is 9.30. The summed E-state index contributed by atoms with van der Waals surface area (Å²) in [6.07, 6.45) is 5.13. The SMILES string of the molecule is COc1cc(/C=C\C(=O)Nc2nc3ccc4nc(SC)sc4c3s2)cc(OC)c1OC. The molecule has 0 aliphatic heterocycles. The number of hydrogen-bond acceptors (Lipinski definition) is 9. The third-order valence-corrected chi connectivity index (χ3v) is 7.62. The Hall–Kier alpha value is -2.82. The standard InChI is InChI=1S/C21H19N3O4S3/c1-26-14-9-11(10-15(27-2)17(14)28-3)5-8-16(25)24-20-22-12-6-7-13-19(18(12)30-20)31-21(23-13)29-4/h5-10H,1-4H3,(H,22,24,25)/b8-5-. The Morgan fingerprint density at radius 2 is 1.65 bits per heavy atom. The van der Waals surface area contributed by atoms with E-state index in [2.05, 4.69) is 15.3 Å². The summed E-state index contributed by atoms with van der Waals surface area (Å²) in [5, 5.41) is 3.38. The fraction of sp³-hybridized carbons (Fsp3) is 0.190. The van der Waals surface area contributed by atoms with E-state index in [1.165, 1.54) is 17.4 Å².